The Kier molecular flexibility index (Phi) is 3.51. The maximum Gasteiger partial charge on any atom is 0.308 e. The predicted molar refractivity (Wildman–Crippen MR) is 75.6 cm³/mol. The highest BCUT2D eigenvalue weighted by Crippen LogP contribution is 2.18. The minimum atomic E-state index is -0.906. The fourth-order valence-electron chi connectivity index (χ4n) is 2.52. The first-order chi connectivity index (χ1) is 10.1. The molecular formula is C15H15N3O3. The number of benzene rings is 1. The smallest absolute Gasteiger partial charge is 0.308 e. The van der Waals surface area contributed by atoms with Crippen molar-refractivity contribution >= 4 is 22.9 Å². The first kappa shape index (κ1) is 13.5. The lowest BCUT2D eigenvalue weighted by Gasteiger charge is -2.15. The van der Waals surface area contributed by atoms with Crippen LogP contribution in [0.15, 0.2) is 30.5 Å². The summed E-state index contributed by atoms with van der Waals surface area (Å²) in [6.07, 6.45) is 2.38. The van der Waals surface area contributed by atoms with Crippen molar-refractivity contribution < 1.29 is 14.7 Å². The number of likely N-dealkylation sites (tertiary alicyclic amines) is 1. The number of aliphatic carboxylic acids is 1. The molecule has 1 aliphatic rings. The normalized spacial score (nSPS) is 18.4. The van der Waals surface area contributed by atoms with E-state index in [1.165, 1.54) is 0 Å². The molecule has 1 N–H and O–H groups in total. The van der Waals surface area contributed by atoms with Gasteiger partial charge in [0.1, 0.15) is 0 Å². The van der Waals surface area contributed by atoms with E-state index in [1.807, 2.05) is 24.3 Å². The number of hydrogen-bond donors (Lipinski definition) is 1. The maximum absolute atomic E-state index is 11.7. The Morgan fingerprint density at radius 1 is 1.33 bits per heavy atom. The number of para-hydroxylation sites is 2. The van der Waals surface area contributed by atoms with E-state index in [2.05, 4.69) is 9.97 Å². The van der Waals surface area contributed by atoms with Gasteiger partial charge in [0.2, 0.25) is 5.91 Å². The number of carbonyl (C=O) groups excluding carboxylic acids is 1. The molecule has 0 spiro atoms. The Labute approximate surface area is 121 Å². The number of amides is 1. The summed E-state index contributed by atoms with van der Waals surface area (Å²) in [4.78, 5) is 33.1. The molecule has 3 rings (SSSR count). The van der Waals surface area contributed by atoms with Crippen LogP contribution in [0.1, 0.15) is 12.1 Å². The van der Waals surface area contributed by atoms with Gasteiger partial charge in [0.05, 0.1) is 22.6 Å². The van der Waals surface area contributed by atoms with Crippen LogP contribution in [0.5, 0.6) is 0 Å². The number of fused-ring (bicyclic) bond motifs is 1. The number of rotatable bonds is 4. The second-order valence-electron chi connectivity index (χ2n) is 5.18. The molecule has 1 saturated heterocycles. The standard InChI is InChI=1S/C15H15N3O3/c19-14-7-10(15(20)21)9-18(14)6-5-11-8-16-12-3-1-2-4-13(12)17-11/h1-4,8,10H,5-7,9H2,(H,20,21). The van der Waals surface area contributed by atoms with Gasteiger partial charge < -0.3 is 10.0 Å². The Hall–Kier alpha value is -2.50. The largest absolute Gasteiger partial charge is 0.481 e. The molecule has 1 fully saturated rings. The zero-order valence-corrected chi connectivity index (χ0v) is 11.4. The average Bonchev–Trinajstić information content (AvgIpc) is 2.86. The summed E-state index contributed by atoms with van der Waals surface area (Å²) in [5.74, 6) is -1.59. The molecule has 21 heavy (non-hydrogen) atoms. The third-order valence-corrected chi connectivity index (χ3v) is 3.70. The highest BCUT2D eigenvalue weighted by molar-refractivity contribution is 5.86. The van der Waals surface area contributed by atoms with E-state index in [0.29, 0.717) is 13.0 Å². The summed E-state index contributed by atoms with van der Waals surface area (Å²) >= 11 is 0. The van der Waals surface area contributed by atoms with Crippen LogP contribution < -0.4 is 0 Å². The Bertz CT molecular complexity index is 701. The van der Waals surface area contributed by atoms with Crippen LogP contribution in [0.3, 0.4) is 0 Å². The lowest BCUT2D eigenvalue weighted by molar-refractivity contribution is -0.141. The molecule has 0 radical (unpaired) electrons. The molecule has 0 aliphatic carbocycles. The minimum Gasteiger partial charge on any atom is -0.481 e. The highest BCUT2D eigenvalue weighted by atomic mass is 16.4. The molecule has 108 valence electrons. The van der Waals surface area contributed by atoms with Crippen LogP contribution in [-0.4, -0.2) is 44.9 Å². The van der Waals surface area contributed by atoms with Gasteiger partial charge >= 0.3 is 5.97 Å². The second kappa shape index (κ2) is 5.47. The zero-order valence-electron chi connectivity index (χ0n) is 11.4. The minimum absolute atomic E-state index is 0.0960. The molecule has 1 atom stereocenters. The van der Waals surface area contributed by atoms with Gasteiger partial charge in [0.15, 0.2) is 0 Å². The van der Waals surface area contributed by atoms with E-state index >= 15 is 0 Å². The van der Waals surface area contributed by atoms with Crippen LogP contribution in [0.2, 0.25) is 0 Å². The van der Waals surface area contributed by atoms with Crippen molar-refractivity contribution in [3.05, 3.63) is 36.2 Å². The molecule has 1 amide bonds. The molecule has 0 bridgehead atoms. The molecule has 1 aliphatic heterocycles. The number of carboxylic acid groups (broad SMARTS) is 1. The number of carbonyl (C=O) groups is 2. The summed E-state index contributed by atoms with van der Waals surface area (Å²) in [5.41, 5.74) is 2.47. The molecule has 6 nitrogen and oxygen atoms in total. The van der Waals surface area contributed by atoms with Gasteiger partial charge in [-0.1, -0.05) is 12.1 Å². The van der Waals surface area contributed by atoms with Gasteiger partial charge in [-0.3, -0.25) is 14.6 Å². The monoisotopic (exact) mass is 285 g/mol. The average molecular weight is 285 g/mol. The SMILES string of the molecule is O=C(O)C1CC(=O)N(CCc2cnc3ccccc3n2)C1. The third-order valence-electron chi connectivity index (χ3n) is 3.70. The lowest BCUT2D eigenvalue weighted by atomic mass is 10.1. The van der Waals surface area contributed by atoms with Crippen molar-refractivity contribution in [2.45, 2.75) is 12.8 Å². The van der Waals surface area contributed by atoms with E-state index in [4.69, 9.17) is 5.11 Å². The van der Waals surface area contributed by atoms with Gasteiger partial charge in [-0.25, -0.2) is 4.98 Å². The summed E-state index contributed by atoms with van der Waals surface area (Å²) in [6.45, 7) is 0.769. The van der Waals surface area contributed by atoms with E-state index in [1.54, 1.807) is 11.1 Å². The van der Waals surface area contributed by atoms with Gasteiger partial charge in [0, 0.05) is 32.1 Å². The molecule has 1 aromatic carbocycles. The lowest BCUT2D eigenvalue weighted by Crippen LogP contribution is -2.28. The van der Waals surface area contributed by atoms with E-state index in [0.717, 1.165) is 16.7 Å². The fourth-order valence-corrected chi connectivity index (χ4v) is 2.52. The van der Waals surface area contributed by atoms with Crippen LogP contribution >= 0.6 is 0 Å². The predicted octanol–water partition coefficient (Wildman–Crippen LogP) is 1.11. The third kappa shape index (κ3) is 2.84. The first-order valence-corrected chi connectivity index (χ1v) is 6.85. The number of nitrogens with zero attached hydrogens (tertiary/aromatic N) is 3. The van der Waals surface area contributed by atoms with Crippen molar-refractivity contribution in [3.63, 3.8) is 0 Å². The number of carboxylic acids is 1. The van der Waals surface area contributed by atoms with Crippen molar-refractivity contribution in [3.8, 4) is 0 Å². The van der Waals surface area contributed by atoms with Crippen molar-refractivity contribution in [2.24, 2.45) is 5.92 Å². The summed E-state index contributed by atoms with van der Waals surface area (Å²) in [5, 5.41) is 8.95. The quantitative estimate of drug-likeness (QED) is 0.909. The summed E-state index contributed by atoms with van der Waals surface area (Å²) in [7, 11) is 0. The van der Waals surface area contributed by atoms with Crippen LogP contribution in [0.4, 0.5) is 0 Å². The zero-order chi connectivity index (χ0) is 14.8. The molecule has 1 unspecified atom stereocenters. The van der Waals surface area contributed by atoms with Gasteiger partial charge in [-0.15, -0.1) is 0 Å². The van der Waals surface area contributed by atoms with Crippen LogP contribution in [-0.2, 0) is 16.0 Å². The van der Waals surface area contributed by atoms with Gasteiger partial charge in [0.25, 0.3) is 0 Å². The molecule has 1 aromatic heterocycles. The highest BCUT2D eigenvalue weighted by Gasteiger charge is 2.33. The first-order valence-electron chi connectivity index (χ1n) is 6.85. The molecular weight excluding hydrogens is 270 g/mol. The molecule has 0 saturated carbocycles. The molecule has 6 heteroatoms. The maximum atomic E-state index is 11.7. The van der Waals surface area contributed by atoms with Gasteiger partial charge in [-0.05, 0) is 12.1 Å². The Morgan fingerprint density at radius 2 is 2.10 bits per heavy atom. The fraction of sp³-hybridized carbons (Fsp3) is 0.333. The number of aromatic nitrogens is 2. The Balaban J connectivity index is 1.66. The summed E-state index contributed by atoms with van der Waals surface area (Å²) in [6, 6.07) is 7.61. The van der Waals surface area contributed by atoms with E-state index in [9.17, 15) is 9.59 Å². The van der Waals surface area contributed by atoms with Crippen molar-refractivity contribution in [1.82, 2.24) is 14.9 Å². The summed E-state index contributed by atoms with van der Waals surface area (Å²) < 4.78 is 0. The van der Waals surface area contributed by atoms with E-state index < -0.39 is 11.9 Å². The van der Waals surface area contributed by atoms with E-state index in [-0.39, 0.29) is 18.9 Å². The Morgan fingerprint density at radius 3 is 2.81 bits per heavy atom. The number of hydrogen-bond acceptors (Lipinski definition) is 4. The van der Waals surface area contributed by atoms with Gasteiger partial charge in [-0.2, -0.15) is 0 Å². The topological polar surface area (TPSA) is 83.4 Å². The second-order valence-corrected chi connectivity index (χ2v) is 5.18. The molecule has 2 heterocycles. The van der Waals surface area contributed by atoms with Crippen LogP contribution in [0.25, 0.3) is 11.0 Å². The molecule has 2 aromatic rings. The van der Waals surface area contributed by atoms with Crippen molar-refractivity contribution in [1.29, 1.82) is 0 Å². The van der Waals surface area contributed by atoms with Crippen LogP contribution in [0, 0.1) is 5.92 Å². The van der Waals surface area contributed by atoms with Crippen molar-refractivity contribution in [2.75, 3.05) is 13.1 Å².